The average molecular weight is 424 g/mol. The maximum atomic E-state index is 13.2. The normalized spacial score (nSPS) is 11.5. The summed E-state index contributed by atoms with van der Waals surface area (Å²) in [5, 5.41) is 20.1. The van der Waals surface area contributed by atoms with Gasteiger partial charge in [-0.2, -0.15) is 0 Å². The molecule has 0 radical (unpaired) electrons. The zero-order chi connectivity index (χ0) is 20.3. The number of carbonyl (C=O) groups excluding carboxylic acids is 1. The second kappa shape index (κ2) is 8.37. The van der Waals surface area contributed by atoms with E-state index < -0.39 is 5.60 Å². The Morgan fingerprint density at radius 2 is 1.69 bits per heavy atom. The Bertz CT molecular complexity index is 1070. The second-order valence-corrected chi connectivity index (χ2v) is 8.49. The van der Waals surface area contributed by atoms with Gasteiger partial charge in [-0.1, -0.05) is 42.5 Å². The smallest absolute Gasteiger partial charge is 0.255 e. The van der Waals surface area contributed by atoms with Crippen LogP contribution in [0.5, 0.6) is 5.75 Å². The van der Waals surface area contributed by atoms with Crippen LogP contribution >= 0.6 is 22.7 Å². The van der Waals surface area contributed by atoms with E-state index in [1.165, 1.54) is 22.7 Å². The fourth-order valence-electron chi connectivity index (χ4n) is 3.38. The second-order valence-electron chi connectivity index (χ2n) is 6.59. The first-order valence-electron chi connectivity index (χ1n) is 9.36. The van der Waals surface area contributed by atoms with Gasteiger partial charge in [-0.15, -0.1) is 22.7 Å². The molecule has 0 fully saturated rings. The predicted molar refractivity (Wildman–Crippen MR) is 119 cm³/mol. The maximum Gasteiger partial charge on any atom is 0.255 e. The van der Waals surface area contributed by atoms with Gasteiger partial charge in [0.15, 0.2) is 0 Å². The molecule has 0 aliphatic carbocycles. The van der Waals surface area contributed by atoms with E-state index in [-0.39, 0.29) is 12.5 Å². The van der Waals surface area contributed by atoms with E-state index in [0.29, 0.717) is 17.9 Å². The molecule has 2 heterocycles. The Hall–Kier alpha value is -2.67. The van der Waals surface area contributed by atoms with Crippen molar-refractivity contribution in [2.24, 2.45) is 0 Å². The van der Waals surface area contributed by atoms with Crippen LogP contribution in [0.25, 0.3) is 10.8 Å². The summed E-state index contributed by atoms with van der Waals surface area (Å²) in [6.45, 7) is 2.43. The van der Waals surface area contributed by atoms with Gasteiger partial charge in [-0.05, 0) is 46.7 Å². The number of thiophene rings is 2. The average Bonchev–Trinajstić information content (AvgIpc) is 3.46. The summed E-state index contributed by atoms with van der Waals surface area (Å²) in [5.74, 6) is 0.274. The maximum absolute atomic E-state index is 13.2. The van der Waals surface area contributed by atoms with E-state index >= 15 is 0 Å². The van der Waals surface area contributed by atoms with Crippen LogP contribution in [0.2, 0.25) is 0 Å². The molecule has 0 atom stereocenters. The number of ether oxygens (including phenoxy) is 1. The lowest BCUT2D eigenvalue weighted by molar-refractivity contribution is 0.0738. The Balaban J connectivity index is 1.68. The third kappa shape index (κ3) is 3.79. The molecule has 2 aromatic heterocycles. The van der Waals surface area contributed by atoms with Crippen molar-refractivity contribution in [1.82, 2.24) is 5.32 Å². The minimum Gasteiger partial charge on any atom is -0.493 e. The number of hydrogen-bond donors (Lipinski definition) is 2. The summed E-state index contributed by atoms with van der Waals surface area (Å²) < 4.78 is 5.72. The summed E-state index contributed by atoms with van der Waals surface area (Å²) >= 11 is 2.94. The van der Waals surface area contributed by atoms with Crippen LogP contribution in [-0.4, -0.2) is 24.2 Å². The lowest BCUT2D eigenvalue weighted by Gasteiger charge is -2.26. The number of aliphatic hydroxyl groups is 1. The van der Waals surface area contributed by atoms with Gasteiger partial charge in [0, 0.05) is 9.75 Å². The van der Waals surface area contributed by atoms with Gasteiger partial charge < -0.3 is 15.2 Å². The minimum atomic E-state index is -1.27. The van der Waals surface area contributed by atoms with Crippen molar-refractivity contribution in [1.29, 1.82) is 0 Å². The van der Waals surface area contributed by atoms with Crippen LogP contribution in [0.15, 0.2) is 71.4 Å². The predicted octanol–water partition coefficient (Wildman–Crippen LogP) is 5.03. The van der Waals surface area contributed by atoms with Crippen molar-refractivity contribution < 1.29 is 14.6 Å². The highest BCUT2D eigenvalue weighted by molar-refractivity contribution is 7.11. The van der Waals surface area contributed by atoms with Gasteiger partial charge in [0.25, 0.3) is 5.91 Å². The van der Waals surface area contributed by atoms with E-state index in [0.717, 1.165) is 20.5 Å². The van der Waals surface area contributed by atoms with E-state index in [9.17, 15) is 9.90 Å². The third-order valence-corrected chi connectivity index (χ3v) is 6.82. The van der Waals surface area contributed by atoms with Crippen molar-refractivity contribution in [2.75, 3.05) is 13.2 Å². The van der Waals surface area contributed by atoms with E-state index in [4.69, 9.17) is 4.74 Å². The van der Waals surface area contributed by atoms with Gasteiger partial charge in [0.2, 0.25) is 0 Å². The van der Waals surface area contributed by atoms with Crippen LogP contribution in [0.4, 0.5) is 0 Å². The summed E-state index contributed by atoms with van der Waals surface area (Å²) in [5.41, 5.74) is -0.779. The zero-order valence-corrected chi connectivity index (χ0v) is 17.6. The number of amides is 1. The third-order valence-electron chi connectivity index (χ3n) is 4.78. The summed E-state index contributed by atoms with van der Waals surface area (Å²) in [6.07, 6.45) is 0. The van der Waals surface area contributed by atoms with Crippen molar-refractivity contribution in [2.45, 2.75) is 12.5 Å². The van der Waals surface area contributed by atoms with Crippen molar-refractivity contribution in [3.63, 3.8) is 0 Å². The number of benzene rings is 2. The molecule has 0 bridgehead atoms. The molecule has 0 saturated heterocycles. The molecular formula is C23H21NO3S2. The molecule has 2 N–H and O–H groups in total. The van der Waals surface area contributed by atoms with Gasteiger partial charge in [0.05, 0.1) is 18.7 Å². The van der Waals surface area contributed by atoms with Crippen LogP contribution in [-0.2, 0) is 5.60 Å². The quantitative estimate of drug-likeness (QED) is 0.438. The number of hydrogen-bond acceptors (Lipinski definition) is 5. The molecule has 6 heteroatoms. The van der Waals surface area contributed by atoms with Crippen molar-refractivity contribution in [3.8, 4) is 5.75 Å². The Morgan fingerprint density at radius 3 is 2.31 bits per heavy atom. The molecule has 148 valence electrons. The fourth-order valence-corrected chi connectivity index (χ4v) is 5.12. The molecule has 4 rings (SSSR count). The molecule has 0 aliphatic rings. The Morgan fingerprint density at radius 1 is 1.00 bits per heavy atom. The van der Waals surface area contributed by atoms with Crippen molar-refractivity contribution >= 4 is 39.4 Å². The zero-order valence-electron chi connectivity index (χ0n) is 15.9. The molecule has 1 amide bonds. The first-order chi connectivity index (χ1) is 14.1. The van der Waals surface area contributed by atoms with Gasteiger partial charge in [0.1, 0.15) is 11.4 Å². The monoisotopic (exact) mass is 423 g/mol. The molecule has 0 aliphatic heterocycles. The molecule has 29 heavy (non-hydrogen) atoms. The largest absolute Gasteiger partial charge is 0.493 e. The number of rotatable bonds is 7. The Labute approximate surface area is 177 Å². The lowest BCUT2D eigenvalue weighted by atomic mass is 9.98. The standard InChI is InChI=1S/C23H21NO3S2/c1-2-27-18-12-11-16-7-3-4-8-17(16)21(18)22(25)24-15-23(26,19-9-5-13-28-19)20-10-6-14-29-20/h3-14,26H,2,15H2,1H3,(H,24,25). The molecule has 4 aromatic rings. The lowest BCUT2D eigenvalue weighted by Crippen LogP contribution is -2.40. The van der Waals surface area contributed by atoms with E-state index in [2.05, 4.69) is 5.32 Å². The minimum absolute atomic E-state index is 0.0711. The number of fused-ring (bicyclic) bond motifs is 1. The summed E-state index contributed by atoms with van der Waals surface area (Å²) in [6, 6.07) is 19.1. The van der Waals surface area contributed by atoms with Gasteiger partial charge >= 0.3 is 0 Å². The highest BCUT2D eigenvalue weighted by Gasteiger charge is 2.34. The fraction of sp³-hybridized carbons (Fsp3) is 0.174. The van der Waals surface area contributed by atoms with Crippen LogP contribution in [0.3, 0.4) is 0 Å². The Kier molecular flexibility index (Phi) is 5.67. The summed E-state index contributed by atoms with van der Waals surface area (Å²) in [7, 11) is 0. The number of carbonyl (C=O) groups is 1. The topological polar surface area (TPSA) is 58.6 Å². The molecule has 0 unspecified atom stereocenters. The van der Waals surface area contributed by atoms with E-state index in [1.54, 1.807) is 0 Å². The highest BCUT2D eigenvalue weighted by atomic mass is 32.1. The van der Waals surface area contributed by atoms with Crippen LogP contribution in [0, 0.1) is 0 Å². The SMILES string of the molecule is CCOc1ccc2ccccc2c1C(=O)NCC(O)(c1cccs1)c1cccs1. The summed E-state index contributed by atoms with van der Waals surface area (Å²) in [4.78, 5) is 14.8. The van der Waals surface area contributed by atoms with Crippen molar-refractivity contribution in [3.05, 3.63) is 86.7 Å². The van der Waals surface area contributed by atoms with Crippen LogP contribution < -0.4 is 10.1 Å². The molecule has 4 nitrogen and oxygen atoms in total. The molecular weight excluding hydrogens is 402 g/mol. The highest BCUT2D eigenvalue weighted by Crippen LogP contribution is 2.35. The first kappa shape index (κ1) is 19.6. The van der Waals surface area contributed by atoms with E-state index in [1.807, 2.05) is 78.3 Å². The van der Waals surface area contributed by atoms with Gasteiger partial charge in [-0.3, -0.25) is 4.79 Å². The number of nitrogens with one attached hydrogen (secondary N) is 1. The first-order valence-corrected chi connectivity index (χ1v) is 11.1. The van der Waals surface area contributed by atoms with Crippen LogP contribution in [0.1, 0.15) is 27.0 Å². The molecule has 2 aromatic carbocycles. The molecule has 0 spiro atoms. The van der Waals surface area contributed by atoms with Gasteiger partial charge in [-0.25, -0.2) is 0 Å². The molecule has 0 saturated carbocycles.